The molecular weight excluding hydrogens is 352 g/mol. The van der Waals surface area contributed by atoms with Crippen molar-refractivity contribution in [1.82, 2.24) is 4.90 Å². The highest BCUT2D eigenvalue weighted by Crippen LogP contribution is 2.17. The quantitative estimate of drug-likeness (QED) is 0.631. The molecule has 0 bridgehead atoms. The van der Waals surface area contributed by atoms with E-state index in [-0.39, 0.29) is 18.4 Å². The van der Waals surface area contributed by atoms with Gasteiger partial charge in [-0.1, -0.05) is 56.3 Å². The lowest BCUT2D eigenvalue weighted by Gasteiger charge is -2.23. The first-order valence-corrected chi connectivity index (χ1v) is 9.85. The van der Waals surface area contributed by atoms with E-state index in [1.807, 2.05) is 54.6 Å². The highest BCUT2D eigenvalue weighted by atomic mass is 16.5. The van der Waals surface area contributed by atoms with Crippen LogP contribution in [0.5, 0.6) is 0 Å². The lowest BCUT2D eigenvalue weighted by molar-refractivity contribution is -0.143. The Labute approximate surface area is 167 Å². The number of anilines is 1. The zero-order valence-electron chi connectivity index (χ0n) is 17.0. The molecular formula is C23H30N2O3. The Morgan fingerprint density at radius 1 is 1.00 bits per heavy atom. The van der Waals surface area contributed by atoms with Crippen LogP contribution in [0.3, 0.4) is 0 Å². The lowest BCUT2D eigenvalue weighted by Crippen LogP contribution is -2.38. The van der Waals surface area contributed by atoms with E-state index >= 15 is 0 Å². The van der Waals surface area contributed by atoms with E-state index in [1.54, 1.807) is 11.8 Å². The summed E-state index contributed by atoms with van der Waals surface area (Å²) in [5, 5.41) is 2.94. The largest absolute Gasteiger partial charge is 0.466 e. The molecule has 1 N–H and O–H groups in total. The number of urea groups is 1. The van der Waals surface area contributed by atoms with Crippen LogP contribution in [0.25, 0.3) is 0 Å². The van der Waals surface area contributed by atoms with E-state index in [9.17, 15) is 9.59 Å². The fourth-order valence-corrected chi connectivity index (χ4v) is 2.84. The Bertz CT molecular complexity index is 742. The van der Waals surface area contributed by atoms with Crippen molar-refractivity contribution in [3.63, 3.8) is 0 Å². The number of nitrogens with zero attached hydrogens (tertiary/aromatic N) is 1. The second-order valence-electron chi connectivity index (χ2n) is 6.98. The van der Waals surface area contributed by atoms with Crippen molar-refractivity contribution in [1.29, 1.82) is 0 Å². The normalized spacial score (nSPS) is 10.6. The Morgan fingerprint density at radius 2 is 1.68 bits per heavy atom. The van der Waals surface area contributed by atoms with Crippen molar-refractivity contribution in [2.45, 2.75) is 39.5 Å². The number of carbonyl (C=O) groups is 2. The van der Waals surface area contributed by atoms with Crippen molar-refractivity contribution in [3.05, 3.63) is 65.7 Å². The summed E-state index contributed by atoms with van der Waals surface area (Å²) in [6, 6.07) is 17.6. The molecule has 0 saturated heterocycles. The number of benzene rings is 2. The topological polar surface area (TPSA) is 58.6 Å². The van der Waals surface area contributed by atoms with Gasteiger partial charge in [-0.05, 0) is 42.5 Å². The van der Waals surface area contributed by atoms with E-state index in [0.29, 0.717) is 25.6 Å². The highest BCUT2D eigenvalue weighted by molar-refractivity contribution is 5.89. The molecule has 2 rings (SSSR count). The molecule has 150 valence electrons. The van der Waals surface area contributed by atoms with Crippen LogP contribution >= 0.6 is 0 Å². The van der Waals surface area contributed by atoms with Gasteiger partial charge in [0.25, 0.3) is 0 Å². The van der Waals surface area contributed by atoms with Gasteiger partial charge in [0.15, 0.2) is 0 Å². The maximum Gasteiger partial charge on any atom is 0.321 e. The maximum absolute atomic E-state index is 12.8. The summed E-state index contributed by atoms with van der Waals surface area (Å²) in [7, 11) is 0. The van der Waals surface area contributed by atoms with Gasteiger partial charge in [0.2, 0.25) is 0 Å². The number of amides is 2. The van der Waals surface area contributed by atoms with Gasteiger partial charge < -0.3 is 15.0 Å². The lowest BCUT2D eigenvalue weighted by atomic mass is 10.0. The third kappa shape index (κ3) is 7.06. The van der Waals surface area contributed by atoms with E-state index in [2.05, 4.69) is 19.2 Å². The number of hydrogen-bond donors (Lipinski definition) is 1. The predicted octanol–water partition coefficient (Wildman–Crippen LogP) is 4.84. The molecule has 0 fully saturated rings. The summed E-state index contributed by atoms with van der Waals surface area (Å²) < 4.78 is 4.99. The van der Waals surface area contributed by atoms with Gasteiger partial charge in [-0.25, -0.2) is 4.79 Å². The SMILES string of the molecule is CCOC(=O)CCN(CCc1ccccc1)C(=O)Nc1ccc(C(C)C)cc1. The van der Waals surface area contributed by atoms with E-state index in [4.69, 9.17) is 4.74 Å². The maximum atomic E-state index is 12.8. The Balaban J connectivity index is 2.00. The molecule has 2 aromatic rings. The average Bonchev–Trinajstić information content (AvgIpc) is 2.69. The summed E-state index contributed by atoms with van der Waals surface area (Å²) in [5.74, 6) is 0.151. The molecule has 0 aliphatic carbocycles. The number of ether oxygens (including phenoxy) is 1. The average molecular weight is 383 g/mol. The molecule has 0 atom stereocenters. The van der Waals surface area contributed by atoms with Crippen molar-refractivity contribution < 1.29 is 14.3 Å². The van der Waals surface area contributed by atoms with Crippen LogP contribution in [-0.4, -0.2) is 36.6 Å². The molecule has 0 spiro atoms. The van der Waals surface area contributed by atoms with E-state index in [0.717, 1.165) is 17.7 Å². The van der Waals surface area contributed by atoms with E-state index in [1.165, 1.54) is 5.56 Å². The first-order valence-electron chi connectivity index (χ1n) is 9.85. The van der Waals surface area contributed by atoms with Crippen molar-refractivity contribution in [2.75, 3.05) is 25.0 Å². The third-order valence-corrected chi connectivity index (χ3v) is 4.52. The van der Waals surface area contributed by atoms with Gasteiger partial charge in [0.05, 0.1) is 13.0 Å². The van der Waals surface area contributed by atoms with Crippen LogP contribution in [0.15, 0.2) is 54.6 Å². The first-order chi connectivity index (χ1) is 13.5. The minimum atomic E-state index is -0.290. The molecule has 2 aromatic carbocycles. The molecule has 0 radical (unpaired) electrons. The van der Waals surface area contributed by atoms with Gasteiger partial charge in [-0.15, -0.1) is 0 Å². The van der Waals surface area contributed by atoms with Crippen LogP contribution in [0.2, 0.25) is 0 Å². The van der Waals surface area contributed by atoms with Crippen LogP contribution in [0.1, 0.15) is 44.2 Å². The summed E-state index contributed by atoms with van der Waals surface area (Å²) in [6.07, 6.45) is 0.908. The smallest absolute Gasteiger partial charge is 0.321 e. The minimum absolute atomic E-state index is 0.183. The second kappa shape index (κ2) is 11.1. The fourth-order valence-electron chi connectivity index (χ4n) is 2.84. The van der Waals surface area contributed by atoms with Gasteiger partial charge in [-0.3, -0.25) is 4.79 Å². The zero-order chi connectivity index (χ0) is 20.4. The van der Waals surface area contributed by atoms with Gasteiger partial charge in [0.1, 0.15) is 0 Å². The number of carbonyl (C=O) groups excluding carboxylic acids is 2. The summed E-state index contributed by atoms with van der Waals surface area (Å²) >= 11 is 0. The Kier molecular flexibility index (Phi) is 8.53. The molecule has 2 amide bonds. The Morgan fingerprint density at radius 3 is 2.29 bits per heavy atom. The third-order valence-electron chi connectivity index (χ3n) is 4.52. The van der Waals surface area contributed by atoms with Gasteiger partial charge >= 0.3 is 12.0 Å². The summed E-state index contributed by atoms with van der Waals surface area (Å²) in [5.41, 5.74) is 3.12. The van der Waals surface area contributed by atoms with E-state index < -0.39 is 0 Å². The molecule has 5 heteroatoms. The number of rotatable bonds is 9. The monoisotopic (exact) mass is 382 g/mol. The first kappa shape index (κ1) is 21.5. The highest BCUT2D eigenvalue weighted by Gasteiger charge is 2.16. The molecule has 0 saturated carbocycles. The van der Waals surface area contributed by atoms with Crippen LogP contribution in [-0.2, 0) is 16.0 Å². The fraction of sp³-hybridized carbons (Fsp3) is 0.391. The van der Waals surface area contributed by atoms with Gasteiger partial charge in [0, 0.05) is 18.8 Å². The number of esters is 1. The number of hydrogen-bond acceptors (Lipinski definition) is 3. The van der Waals surface area contributed by atoms with Crippen LogP contribution in [0, 0.1) is 0 Å². The zero-order valence-corrected chi connectivity index (χ0v) is 17.0. The van der Waals surface area contributed by atoms with Crippen molar-refractivity contribution in [2.24, 2.45) is 0 Å². The van der Waals surface area contributed by atoms with Crippen LogP contribution in [0.4, 0.5) is 10.5 Å². The molecule has 0 aliphatic rings. The van der Waals surface area contributed by atoms with Crippen LogP contribution < -0.4 is 5.32 Å². The molecule has 5 nitrogen and oxygen atoms in total. The summed E-state index contributed by atoms with van der Waals surface area (Å²) in [4.78, 5) is 26.2. The Hall–Kier alpha value is -2.82. The minimum Gasteiger partial charge on any atom is -0.466 e. The molecule has 28 heavy (non-hydrogen) atoms. The number of nitrogens with one attached hydrogen (secondary N) is 1. The van der Waals surface area contributed by atoms with Gasteiger partial charge in [-0.2, -0.15) is 0 Å². The standard InChI is InChI=1S/C23H30N2O3/c1-4-28-22(26)15-17-25(16-14-19-8-6-5-7-9-19)23(27)24-21-12-10-20(11-13-21)18(2)3/h5-13,18H,4,14-17H2,1-3H3,(H,24,27). The van der Waals surface area contributed by atoms with Crippen molar-refractivity contribution in [3.8, 4) is 0 Å². The second-order valence-corrected chi connectivity index (χ2v) is 6.98. The molecule has 0 aliphatic heterocycles. The predicted molar refractivity (Wildman–Crippen MR) is 113 cm³/mol. The molecule has 0 unspecified atom stereocenters. The summed E-state index contributed by atoms with van der Waals surface area (Å²) in [6.45, 7) is 7.24. The van der Waals surface area contributed by atoms with Crippen molar-refractivity contribution >= 4 is 17.7 Å². The molecule has 0 heterocycles. The molecule has 0 aromatic heterocycles.